The summed E-state index contributed by atoms with van der Waals surface area (Å²) in [4.78, 5) is 4.35. The van der Waals surface area contributed by atoms with Crippen LogP contribution in [0.15, 0.2) is 63.5 Å². The molecule has 0 bridgehead atoms. The molecule has 1 N–H and O–H groups in total. The van der Waals surface area contributed by atoms with Gasteiger partial charge in [-0.2, -0.15) is 0 Å². The van der Waals surface area contributed by atoms with Gasteiger partial charge < -0.3 is 0 Å². The van der Waals surface area contributed by atoms with Crippen LogP contribution in [0.3, 0.4) is 0 Å². The number of nitrogens with one attached hydrogen (secondary N) is 1. The number of pyridine rings is 1. The van der Waals surface area contributed by atoms with Crippen LogP contribution in [0.1, 0.15) is 0 Å². The Hall–Kier alpha value is -1.83. The number of nitrogens with zero attached hydrogens (tertiary/aromatic N) is 2. The second-order valence-electron chi connectivity index (χ2n) is 4.69. The molecule has 0 aliphatic rings. The van der Waals surface area contributed by atoms with Crippen molar-refractivity contribution in [3.63, 3.8) is 0 Å². The van der Waals surface area contributed by atoms with E-state index < -0.39 is 9.84 Å². The maximum Gasteiger partial charge on any atom is 0.212 e. The summed E-state index contributed by atoms with van der Waals surface area (Å²) in [5, 5.41) is 9.09. The van der Waals surface area contributed by atoms with Crippen molar-refractivity contribution in [1.82, 2.24) is 9.38 Å². The second-order valence-corrected chi connectivity index (χ2v) is 7.80. The van der Waals surface area contributed by atoms with Crippen LogP contribution in [0.4, 0.5) is 0 Å². The van der Waals surface area contributed by atoms with Gasteiger partial charge in [0.1, 0.15) is 15.6 Å². The van der Waals surface area contributed by atoms with Crippen LogP contribution in [-0.2, 0) is 9.84 Å². The maximum atomic E-state index is 13.0. The third kappa shape index (κ3) is 2.75. The Morgan fingerprint density at radius 3 is 2.52 bits per heavy atom. The first-order chi connectivity index (χ1) is 10.9. The quantitative estimate of drug-likeness (QED) is 0.571. The van der Waals surface area contributed by atoms with E-state index >= 15 is 0 Å². The molecule has 0 aliphatic heterocycles. The van der Waals surface area contributed by atoms with Crippen LogP contribution < -0.4 is 5.49 Å². The van der Waals surface area contributed by atoms with Gasteiger partial charge in [0.25, 0.3) is 0 Å². The lowest BCUT2D eigenvalue weighted by Gasteiger charge is -2.11. The van der Waals surface area contributed by atoms with Crippen LogP contribution in [-0.4, -0.2) is 24.1 Å². The minimum Gasteiger partial charge on any atom is -0.285 e. The molecular formula is C15H12ClN3O2S2. The number of aromatic nitrogens is 2. The molecule has 3 rings (SSSR count). The molecule has 2 heterocycles. The Kier molecular flexibility index (Phi) is 4.18. The summed E-state index contributed by atoms with van der Waals surface area (Å²) in [6.07, 6.45) is 3.36. The van der Waals surface area contributed by atoms with Gasteiger partial charge in [0, 0.05) is 11.2 Å². The van der Waals surface area contributed by atoms with Crippen LogP contribution in [0.5, 0.6) is 0 Å². The lowest BCUT2D eigenvalue weighted by molar-refractivity contribution is 0.589. The van der Waals surface area contributed by atoms with Crippen molar-refractivity contribution in [2.24, 2.45) is 0 Å². The van der Waals surface area contributed by atoms with Crippen LogP contribution in [0.2, 0.25) is 5.02 Å². The Labute approximate surface area is 142 Å². The minimum atomic E-state index is -3.87. The fraction of sp³-hybridized carbons (Fsp3) is 0.0667. The van der Waals surface area contributed by atoms with E-state index in [4.69, 9.17) is 17.0 Å². The zero-order valence-electron chi connectivity index (χ0n) is 12.0. The van der Waals surface area contributed by atoms with Crippen molar-refractivity contribution in [1.29, 1.82) is 5.41 Å². The normalized spacial score (nSPS) is 11.7. The third-order valence-corrected chi connectivity index (χ3v) is 6.17. The SMILES string of the molecule is CSc1nc2ccccn2c(=N)c1S(=O)(=O)c1ccc(Cl)cc1. The summed E-state index contributed by atoms with van der Waals surface area (Å²) in [7, 11) is -3.87. The first-order valence-corrected chi connectivity index (χ1v) is 9.64. The van der Waals surface area contributed by atoms with E-state index in [9.17, 15) is 8.42 Å². The molecule has 0 atom stereocenters. The molecule has 5 nitrogen and oxygen atoms in total. The molecule has 1 aromatic carbocycles. The molecule has 0 radical (unpaired) electrons. The molecule has 0 amide bonds. The molecule has 0 fully saturated rings. The molecule has 2 aromatic heterocycles. The minimum absolute atomic E-state index is 0.0865. The van der Waals surface area contributed by atoms with Gasteiger partial charge in [0.15, 0.2) is 5.49 Å². The van der Waals surface area contributed by atoms with Crippen molar-refractivity contribution < 1.29 is 8.42 Å². The van der Waals surface area contributed by atoms with Gasteiger partial charge in [-0.15, -0.1) is 11.8 Å². The van der Waals surface area contributed by atoms with E-state index in [1.54, 1.807) is 30.7 Å². The number of halogens is 1. The van der Waals surface area contributed by atoms with Crippen molar-refractivity contribution in [2.75, 3.05) is 6.26 Å². The zero-order chi connectivity index (χ0) is 16.6. The number of thioether (sulfide) groups is 1. The number of rotatable bonds is 3. The van der Waals surface area contributed by atoms with Crippen LogP contribution in [0, 0.1) is 5.41 Å². The highest BCUT2D eigenvalue weighted by atomic mass is 35.5. The van der Waals surface area contributed by atoms with Crippen molar-refractivity contribution >= 4 is 38.8 Å². The molecule has 0 unspecified atom stereocenters. The zero-order valence-corrected chi connectivity index (χ0v) is 14.4. The lowest BCUT2D eigenvalue weighted by atomic mass is 10.4. The highest BCUT2D eigenvalue weighted by molar-refractivity contribution is 7.99. The monoisotopic (exact) mass is 365 g/mol. The van der Waals surface area contributed by atoms with Gasteiger partial charge in [0.05, 0.1) is 4.90 Å². The highest BCUT2D eigenvalue weighted by Gasteiger charge is 2.25. The summed E-state index contributed by atoms with van der Waals surface area (Å²) in [6, 6.07) is 11.1. The summed E-state index contributed by atoms with van der Waals surface area (Å²) in [6.45, 7) is 0. The Bertz CT molecular complexity index is 1040. The number of hydrogen-bond acceptors (Lipinski definition) is 5. The molecule has 23 heavy (non-hydrogen) atoms. The van der Waals surface area contributed by atoms with E-state index in [1.807, 2.05) is 0 Å². The molecule has 0 saturated heterocycles. The highest BCUT2D eigenvalue weighted by Crippen LogP contribution is 2.26. The molecule has 0 aliphatic carbocycles. The predicted molar refractivity (Wildman–Crippen MR) is 89.7 cm³/mol. The maximum absolute atomic E-state index is 13.0. The molecule has 0 spiro atoms. The summed E-state index contributed by atoms with van der Waals surface area (Å²) < 4.78 is 27.4. The summed E-state index contributed by atoms with van der Waals surface area (Å²) in [5.74, 6) is 0. The van der Waals surface area contributed by atoms with Gasteiger partial charge in [-0.1, -0.05) is 17.7 Å². The van der Waals surface area contributed by atoms with E-state index in [0.717, 1.165) is 0 Å². The van der Waals surface area contributed by atoms with Gasteiger partial charge in [-0.05, 0) is 42.7 Å². The number of benzene rings is 1. The number of fused-ring (bicyclic) bond motifs is 1. The van der Waals surface area contributed by atoms with E-state index in [1.165, 1.54) is 40.4 Å². The van der Waals surface area contributed by atoms with Crippen LogP contribution >= 0.6 is 23.4 Å². The second kappa shape index (κ2) is 5.99. The Balaban J connectivity index is 2.36. The van der Waals surface area contributed by atoms with E-state index in [0.29, 0.717) is 15.7 Å². The largest absolute Gasteiger partial charge is 0.285 e. The average Bonchev–Trinajstić information content (AvgIpc) is 2.54. The van der Waals surface area contributed by atoms with E-state index in [-0.39, 0.29) is 15.3 Å². The van der Waals surface area contributed by atoms with Crippen molar-refractivity contribution in [2.45, 2.75) is 14.8 Å². The fourth-order valence-corrected chi connectivity index (χ4v) is 4.72. The smallest absolute Gasteiger partial charge is 0.212 e. The standard InChI is InChI=1S/C15H12ClN3O2S2/c1-22-15-13(14(17)19-9-3-2-4-12(19)18-15)23(20,21)11-7-5-10(16)6-8-11/h2-9,17H,1H3. The van der Waals surface area contributed by atoms with Crippen molar-refractivity contribution in [3.05, 3.63) is 59.2 Å². The molecular weight excluding hydrogens is 354 g/mol. The van der Waals surface area contributed by atoms with Crippen molar-refractivity contribution in [3.8, 4) is 0 Å². The fourth-order valence-electron chi connectivity index (χ4n) is 2.19. The van der Waals surface area contributed by atoms with Gasteiger partial charge in [-0.3, -0.25) is 9.81 Å². The lowest BCUT2D eigenvalue weighted by Crippen LogP contribution is -2.24. The van der Waals surface area contributed by atoms with Gasteiger partial charge in [0.2, 0.25) is 9.84 Å². The predicted octanol–water partition coefficient (Wildman–Crippen LogP) is 3.02. The average molecular weight is 366 g/mol. The topological polar surface area (TPSA) is 75.3 Å². The Morgan fingerprint density at radius 1 is 1.17 bits per heavy atom. The molecule has 3 aromatic rings. The van der Waals surface area contributed by atoms with Gasteiger partial charge >= 0.3 is 0 Å². The first kappa shape index (κ1) is 16.0. The molecule has 118 valence electrons. The third-order valence-electron chi connectivity index (χ3n) is 3.29. The van der Waals surface area contributed by atoms with E-state index in [2.05, 4.69) is 4.98 Å². The number of sulfone groups is 1. The summed E-state index contributed by atoms with van der Waals surface area (Å²) >= 11 is 7.02. The Morgan fingerprint density at radius 2 is 1.87 bits per heavy atom. The molecule has 0 saturated carbocycles. The van der Waals surface area contributed by atoms with Crippen LogP contribution in [0.25, 0.3) is 5.65 Å². The summed E-state index contributed by atoms with van der Waals surface area (Å²) in [5.41, 5.74) is 0.409. The molecule has 8 heteroatoms. The van der Waals surface area contributed by atoms with Gasteiger partial charge in [-0.25, -0.2) is 13.4 Å². The number of hydrogen-bond donors (Lipinski definition) is 1. The first-order valence-electron chi connectivity index (χ1n) is 6.56.